The predicted octanol–water partition coefficient (Wildman–Crippen LogP) is 2.61. The summed E-state index contributed by atoms with van der Waals surface area (Å²) < 4.78 is 5.62. The summed E-state index contributed by atoms with van der Waals surface area (Å²) in [6.07, 6.45) is 0.913. The van der Waals surface area contributed by atoms with E-state index in [4.69, 9.17) is 4.74 Å². The Bertz CT molecular complexity index is 757. The normalized spacial score (nSPS) is 15.9. The first kappa shape index (κ1) is 16.1. The number of carboxylic acid groups (broad SMARTS) is 1. The van der Waals surface area contributed by atoms with Crippen molar-refractivity contribution in [1.82, 2.24) is 5.32 Å². The van der Waals surface area contributed by atoms with Crippen molar-refractivity contribution in [3.8, 4) is 5.75 Å². The molecule has 2 aromatic carbocycles. The smallest absolute Gasteiger partial charge is 0.335 e. The molecule has 5 nitrogen and oxygen atoms in total. The third kappa shape index (κ3) is 3.56. The van der Waals surface area contributed by atoms with E-state index in [0.29, 0.717) is 18.7 Å². The monoisotopic (exact) mass is 325 g/mol. The molecule has 3 rings (SSSR count). The maximum absolute atomic E-state index is 12.2. The molecule has 124 valence electrons. The topological polar surface area (TPSA) is 75.6 Å². The molecular weight excluding hydrogens is 306 g/mol. The van der Waals surface area contributed by atoms with Gasteiger partial charge in [-0.1, -0.05) is 36.4 Å². The van der Waals surface area contributed by atoms with Crippen LogP contribution in [0, 0.1) is 0 Å². The zero-order valence-corrected chi connectivity index (χ0v) is 13.2. The Hall–Kier alpha value is -2.82. The van der Waals surface area contributed by atoms with Crippen molar-refractivity contribution in [2.45, 2.75) is 18.8 Å². The lowest BCUT2D eigenvalue weighted by atomic mass is 9.93. The van der Waals surface area contributed by atoms with Gasteiger partial charge in [0.2, 0.25) is 5.91 Å². The summed E-state index contributed by atoms with van der Waals surface area (Å²) >= 11 is 0. The van der Waals surface area contributed by atoms with E-state index >= 15 is 0 Å². The van der Waals surface area contributed by atoms with Gasteiger partial charge in [0.25, 0.3) is 0 Å². The molecule has 24 heavy (non-hydrogen) atoms. The van der Waals surface area contributed by atoms with E-state index in [-0.39, 0.29) is 23.8 Å². The van der Waals surface area contributed by atoms with Gasteiger partial charge in [0.05, 0.1) is 18.6 Å². The van der Waals surface area contributed by atoms with E-state index in [0.717, 1.165) is 17.7 Å². The number of para-hydroxylation sites is 1. The molecule has 1 aliphatic rings. The Labute approximate surface area is 140 Å². The highest BCUT2D eigenvalue weighted by atomic mass is 16.5. The zero-order valence-electron chi connectivity index (χ0n) is 13.2. The number of aromatic carboxylic acids is 1. The lowest BCUT2D eigenvalue weighted by Crippen LogP contribution is -2.32. The Morgan fingerprint density at radius 2 is 1.88 bits per heavy atom. The summed E-state index contributed by atoms with van der Waals surface area (Å²) in [5.74, 6) is -0.0998. The first-order valence-electron chi connectivity index (χ1n) is 7.95. The lowest BCUT2D eigenvalue weighted by molar-refractivity contribution is -0.120. The number of fused-ring (bicyclic) bond motifs is 1. The van der Waals surface area contributed by atoms with E-state index in [1.165, 1.54) is 6.07 Å². The number of amides is 1. The number of hydrogen-bond acceptors (Lipinski definition) is 3. The molecule has 1 aliphatic heterocycles. The van der Waals surface area contributed by atoms with Crippen LogP contribution in [0.2, 0.25) is 0 Å². The van der Waals surface area contributed by atoms with E-state index in [1.807, 2.05) is 24.3 Å². The van der Waals surface area contributed by atoms with Gasteiger partial charge in [-0.2, -0.15) is 0 Å². The molecule has 0 saturated heterocycles. The number of carbonyl (C=O) groups excluding carboxylic acids is 1. The molecule has 5 heteroatoms. The maximum atomic E-state index is 12.2. The average Bonchev–Trinajstić information content (AvgIpc) is 2.60. The number of hydrogen-bond donors (Lipinski definition) is 2. The second-order valence-corrected chi connectivity index (χ2v) is 5.82. The van der Waals surface area contributed by atoms with Gasteiger partial charge >= 0.3 is 5.97 Å². The molecule has 0 fully saturated rings. The zero-order chi connectivity index (χ0) is 16.9. The summed E-state index contributed by atoms with van der Waals surface area (Å²) in [6, 6.07) is 14.4. The van der Waals surface area contributed by atoms with Crippen LogP contribution in [0.5, 0.6) is 5.75 Å². The summed E-state index contributed by atoms with van der Waals surface area (Å²) in [5.41, 5.74) is 1.80. The van der Waals surface area contributed by atoms with Crippen LogP contribution in [-0.2, 0) is 11.2 Å². The first-order chi connectivity index (χ1) is 11.6. The van der Waals surface area contributed by atoms with Gasteiger partial charge in [0.15, 0.2) is 0 Å². The molecule has 0 saturated carbocycles. The third-order valence-electron chi connectivity index (χ3n) is 4.23. The second kappa shape index (κ2) is 7.17. The lowest BCUT2D eigenvalue weighted by Gasteiger charge is -2.26. The summed E-state index contributed by atoms with van der Waals surface area (Å²) in [6.45, 7) is 1.16. The predicted molar refractivity (Wildman–Crippen MR) is 89.4 cm³/mol. The number of carboxylic acids is 1. The molecule has 0 radical (unpaired) electrons. The van der Waals surface area contributed by atoms with Gasteiger partial charge in [0.1, 0.15) is 5.75 Å². The molecule has 1 atom stereocenters. The van der Waals surface area contributed by atoms with E-state index in [9.17, 15) is 14.7 Å². The van der Waals surface area contributed by atoms with Crippen molar-refractivity contribution < 1.29 is 19.4 Å². The van der Waals surface area contributed by atoms with Crippen LogP contribution in [0.15, 0.2) is 48.5 Å². The minimum Gasteiger partial charge on any atom is -0.493 e. The molecule has 2 aromatic rings. The molecule has 0 aliphatic carbocycles. The van der Waals surface area contributed by atoms with Crippen molar-refractivity contribution >= 4 is 11.9 Å². The Balaban J connectivity index is 1.62. The number of rotatable bonds is 5. The SMILES string of the molecule is O=C(Cc1ccccc1C(=O)O)NCC1CCOc2ccccc21. The molecule has 1 heterocycles. The van der Waals surface area contributed by atoms with Gasteiger partial charge < -0.3 is 15.2 Å². The molecule has 0 bridgehead atoms. The van der Waals surface area contributed by atoms with Crippen LogP contribution in [-0.4, -0.2) is 30.1 Å². The highest BCUT2D eigenvalue weighted by Crippen LogP contribution is 2.32. The van der Waals surface area contributed by atoms with Gasteiger partial charge in [-0.05, 0) is 29.7 Å². The molecule has 1 unspecified atom stereocenters. The minimum atomic E-state index is -1.02. The highest BCUT2D eigenvalue weighted by molar-refractivity contribution is 5.91. The van der Waals surface area contributed by atoms with Crippen LogP contribution >= 0.6 is 0 Å². The van der Waals surface area contributed by atoms with E-state index in [2.05, 4.69) is 5.32 Å². The van der Waals surface area contributed by atoms with Crippen molar-refractivity contribution in [3.05, 3.63) is 65.2 Å². The molecular formula is C19H19NO4. The maximum Gasteiger partial charge on any atom is 0.335 e. The second-order valence-electron chi connectivity index (χ2n) is 5.82. The van der Waals surface area contributed by atoms with Crippen LogP contribution < -0.4 is 10.1 Å². The van der Waals surface area contributed by atoms with Crippen LogP contribution in [0.3, 0.4) is 0 Å². The fourth-order valence-electron chi connectivity index (χ4n) is 2.98. The number of nitrogens with one attached hydrogen (secondary N) is 1. The highest BCUT2D eigenvalue weighted by Gasteiger charge is 2.21. The van der Waals surface area contributed by atoms with Crippen molar-refractivity contribution in [2.24, 2.45) is 0 Å². The first-order valence-corrected chi connectivity index (χ1v) is 7.95. The van der Waals surface area contributed by atoms with E-state index < -0.39 is 5.97 Å². The Morgan fingerprint density at radius 1 is 1.12 bits per heavy atom. The number of benzene rings is 2. The molecule has 2 N–H and O–H groups in total. The number of carbonyl (C=O) groups is 2. The Morgan fingerprint density at radius 3 is 2.71 bits per heavy atom. The van der Waals surface area contributed by atoms with Gasteiger partial charge in [0, 0.05) is 12.5 Å². The summed E-state index contributed by atoms with van der Waals surface area (Å²) in [4.78, 5) is 23.4. The van der Waals surface area contributed by atoms with E-state index in [1.54, 1.807) is 18.2 Å². The summed E-state index contributed by atoms with van der Waals surface area (Å²) in [5, 5.41) is 12.1. The minimum absolute atomic E-state index is 0.0628. The van der Waals surface area contributed by atoms with Crippen LogP contribution in [0.4, 0.5) is 0 Å². The van der Waals surface area contributed by atoms with Crippen LogP contribution in [0.1, 0.15) is 33.8 Å². The molecule has 0 aromatic heterocycles. The van der Waals surface area contributed by atoms with Crippen molar-refractivity contribution in [2.75, 3.05) is 13.2 Å². The average molecular weight is 325 g/mol. The van der Waals surface area contributed by atoms with Crippen molar-refractivity contribution in [1.29, 1.82) is 0 Å². The van der Waals surface area contributed by atoms with Gasteiger partial charge in [-0.25, -0.2) is 4.79 Å². The largest absolute Gasteiger partial charge is 0.493 e. The number of ether oxygens (including phenoxy) is 1. The molecule has 1 amide bonds. The molecule has 0 spiro atoms. The standard InChI is InChI=1S/C19H19NO4/c21-18(11-13-5-1-2-7-16(13)19(22)23)20-12-14-9-10-24-17-8-4-3-6-15(14)17/h1-8,14H,9-12H2,(H,20,21)(H,22,23). The van der Waals surface area contributed by atoms with Crippen LogP contribution in [0.25, 0.3) is 0 Å². The fourth-order valence-corrected chi connectivity index (χ4v) is 2.98. The fraction of sp³-hybridized carbons (Fsp3) is 0.263. The van der Waals surface area contributed by atoms with Gasteiger partial charge in [-0.3, -0.25) is 4.79 Å². The summed E-state index contributed by atoms with van der Waals surface area (Å²) in [7, 11) is 0. The Kier molecular flexibility index (Phi) is 4.79. The van der Waals surface area contributed by atoms with Gasteiger partial charge in [-0.15, -0.1) is 0 Å². The third-order valence-corrected chi connectivity index (χ3v) is 4.23. The van der Waals surface area contributed by atoms with Crippen molar-refractivity contribution in [3.63, 3.8) is 0 Å². The quantitative estimate of drug-likeness (QED) is 0.886.